The molecule has 0 aliphatic heterocycles. The highest BCUT2D eigenvalue weighted by molar-refractivity contribution is 14.1. The zero-order valence-electron chi connectivity index (χ0n) is 8.88. The molecule has 0 spiro atoms. The van der Waals surface area contributed by atoms with E-state index in [0.717, 1.165) is 18.4 Å². The predicted octanol–water partition coefficient (Wildman–Crippen LogP) is 4.21. The van der Waals surface area contributed by atoms with Crippen molar-refractivity contribution >= 4 is 33.9 Å². The third-order valence-electron chi connectivity index (χ3n) is 2.14. The van der Waals surface area contributed by atoms with E-state index >= 15 is 0 Å². The average molecular weight is 324 g/mol. The lowest BCUT2D eigenvalue weighted by molar-refractivity contribution is 0.148. The quantitative estimate of drug-likeness (QED) is 0.826. The number of thiophene rings is 1. The Kier molecular flexibility index (Phi) is 4.40. The average Bonchev–Trinajstić information content (AvgIpc) is 2.46. The highest BCUT2D eigenvalue weighted by Crippen LogP contribution is 2.29. The highest BCUT2D eigenvalue weighted by Gasteiger charge is 2.15. The maximum Gasteiger partial charge on any atom is 0.0798 e. The molecule has 0 amide bonds. The van der Waals surface area contributed by atoms with E-state index in [4.69, 9.17) is 0 Å². The fourth-order valence-corrected chi connectivity index (χ4v) is 2.65. The summed E-state index contributed by atoms with van der Waals surface area (Å²) in [5.41, 5.74) is 1.38. The minimum Gasteiger partial charge on any atom is -0.388 e. The van der Waals surface area contributed by atoms with Crippen molar-refractivity contribution in [2.45, 2.75) is 39.7 Å². The van der Waals surface area contributed by atoms with Crippen LogP contribution < -0.4 is 0 Å². The molecule has 0 saturated carbocycles. The SMILES string of the molecule is CC(C)(C)CCC(O)c1csc(I)c1. The molecule has 14 heavy (non-hydrogen) atoms. The summed E-state index contributed by atoms with van der Waals surface area (Å²) >= 11 is 3.98. The van der Waals surface area contributed by atoms with Crippen LogP contribution in [-0.4, -0.2) is 5.11 Å². The van der Waals surface area contributed by atoms with E-state index in [2.05, 4.69) is 54.8 Å². The van der Waals surface area contributed by atoms with Gasteiger partial charge in [0.2, 0.25) is 0 Å². The fourth-order valence-electron chi connectivity index (χ4n) is 1.23. The largest absolute Gasteiger partial charge is 0.388 e. The van der Waals surface area contributed by atoms with Crippen LogP contribution in [0.4, 0.5) is 0 Å². The minimum atomic E-state index is -0.283. The van der Waals surface area contributed by atoms with Crippen LogP contribution in [0.5, 0.6) is 0 Å². The van der Waals surface area contributed by atoms with Crippen LogP contribution in [0.3, 0.4) is 0 Å². The van der Waals surface area contributed by atoms with Crippen molar-refractivity contribution in [3.05, 3.63) is 19.9 Å². The first-order valence-electron chi connectivity index (χ1n) is 4.80. The van der Waals surface area contributed by atoms with Gasteiger partial charge in [0.1, 0.15) is 0 Å². The summed E-state index contributed by atoms with van der Waals surface area (Å²) in [6.45, 7) is 6.62. The van der Waals surface area contributed by atoms with Crippen molar-refractivity contribution in [1.29, 1.82) is 0 Å². The maximum absolute atomic E-state index is 9.90. The molecule has 0 saturated heterocycles. The first-order valence-corrected chi connectivity index (χ1v) is 6.76. The van der Waals surface area contributed by atoms with Gasteiger partial charge in [-0.1, -0.05) is 20.8 Å². The smallest absolute Gasteiger partial charge is 0.0798 e. The fraction of sp³-hybridized carbons (Fsp3) is 0.636. The van der Waals surface area contributed by atoms with Crippen LogP contribution in [0.15, 0.2) is 11.4 Å². The second-order valence-corrected chi connectivity index (χ2v) is 7.60. The second kappa shape index (κ2) is 4.94. The van der Waals surface area contributed by atoms with Crippen molar-refractivity contribution in [3.63, 3.8) is 0 Å². The zero-order chi connectivity index (χ0) is 10.8. The van der Waals surface area contributed by atoms with E-state index < -0.39 is 0 Å². The molecule has 3 heteroatoms. The zero-order valence-corrected chi connectivity index (χ0v) is 11.9. The maximum atomic E-state index is 9.90. The van der Waals surface area contributed by atoms with Gasteiger partial charge < -0.3 is 5.11 Å². The van der Waals surface area contributed by atoms with Gasteiger partial charge in [-0.3, -0.25) is 0 Å². The lowest BCUT2D eigenvalue weighted by atomic mass is 9.88. The molecule has 0 radical (unpaired) electrons. The number of hydrogen-bond acceptors (Lipinski definition) is 2. The molecule has 1 nitrogen and oxygen atoms in total. The molecular weight excluding hydrogens is 307 g/mol. The minimum absolute atomic E-state index is 0.283. The molecule has 0 aromatic carbocycles. The van der Waals surface area contributed by atoms with Crippen LogP contribution in [0, 0.1) is 8.30 Å². The van der Waals surface area contributed by atoms with E-state index in [1.165, 1.54) is 2.88 Å². The number of hydrogen-bond donors (Lipinski definition) is 1. The van der Waals surface area contributed by atoms with Crippen molar-refractivity contribution in [1.82, 2.24) is 0 Å². The predicted molar refractivity (Wildman–Crippen MR) is 70.7 cm³/mol. The van der Waals surface area contributed by atoms with Crippen LogP contribution in [-0.2, 0) is 0 Å². The molecule has 0 fully saturated rings. The molecule has 0 aliphatic rings. The van der Waals surface area contributed by atoms with Crippen LogP contribution >= 0.6 is 33.9 Å². The molecular formula is C11H17IOS. The molecule has 80 valence electrons. The third kappa shape index (κ3) is 4.28. The molecule has 1 rings (SSSR count). The molecule has 1 unspecified atom stereocenters. The number of aliphatic hydroxyl groups excluding tert-OH is 1. The van der Waals surface area contributed by atoms with Gasteiger partial charge in [-0.2, -0.15) is 0 Å². The van der Waals surface area contributed by atoms with E-state index in [-0.39, 0.29) is 6.10 Å². The van der Waals surface area contributed by atoms with Gasteiger partial charge in [0.05, 0.1) is 8.99 Å². The number of rotatable bonds is 3. The van der Waals surface area contributed by atoms with Gasteiger partial charge in [-0.15, -0.1) is 11.3 Å². The van der Waals surface area contributed by atoms with Gasteiger partial charge in [0.25, 0.3) is 0 Å². The highest BCUT2D eigenvalue weighted by atomic mass is 127. The molecule has 1 aromatic rings. The molecule has 0 bridgehead atoms. The van der Waals surface area contributed by atoms with Crippen molar-refractivity contribution in [2.75, 3.05) is 0 Å². The standard InChI is InChI=1S/C11H17IOS/c1-11(2,3)5-4-9(13)8-6-10(12)14-7-8/h6-7,9,13H,4-5H2,1-3H3. The Hall–Kier alpha value is 0.390. The third-order valence-corrected chi connectivity index (χ3v) is 3.95. The first-order chi connectivity index (χ1) is 6.38. The Bertz CT molecular complexity index is 288. The van der Waals surface area contributed by atoms with E-state index in [1.807, 2.05) is 0 Å². The van der Waals surface area contributed by atoms with Crippen molar-refractivity contribution < 1.29 is 5.11 Å². The Balaban J connectivity index is 2.47. The Morgan fingerprint density at radius 2 is 2.14 bits per heavy atom. The monoisotopic (exact) mass is 324 g/mol. The Morgan fingerprint density at radius 3 is 2.57 bits per heavy atom. The van der Waals surface area contributed by atoms with Gasteiger partial charge in [0.15, 0.2) is 0 Å². The van der Waals surface area contributed by atoms with E-state index in [0.29, 0.717) is 5.41 Å². The molecule has 1 heterocycles. The Labute approximate surface area is 104 Å². The van der Waals surface area contributed by atoms with Gasteiger partial charge in [-0.05, 0) is 57.9 Å². The molecule has 0 aliphatic carbocycles. The summed E-state index contributed by atoms with van der Waals surface area (Å²) in [6, 6.07) is 2.07. The summed E-state index contributed by atoms with van der Waals surface area (Å²) in [7, 11) is 0. The van der Waals surface area contributed by atoms with Crippen molar-refractivity contribution in [3.8, 4) is 0 Å². The van der Waals surface area contributed by atoms with Crippen molar-refractivity contribution in [2.24, 2.45) is 5.41 Å². The summed E-state index contributed by atoms with van der Waals surface area (Å²) in [4.78, 5) is 0. The van der Waals surface area contributed by atoms with E-state index in [1.54, 1.807) is 11.3 Å². The van der Waals surface area contributed by atoms with Crippen LogP contribution in [0.25, 0.3) is 0 Å². The van der Waals surface area contributed by atoms with Gasteiger partial charge in [0, 0.05) is 0 Å². The Morgan fingerprint density at radius 1 is 1.50 bits per heavy atom. The van der Waals surface area contributed by atoms with Gasteiger partial charge >= 0.3 is 0 Å². The first kappa shape index (κ1) is 12.5. The number of halogens is 1. The lowest BCUT2D eigenvalue weighted by Crippen LogP contribution is -2.07. The second-order valence-electron chi connectivity index (χ2n) is 4.80. The normalized spacial score (nSPS) is 14.4. The number of aliphatic hydroxyl groups is 1. The van der Waals surface area contributed by atoms with E-state index in [9.17, 15) is 5.11 Å². The topological polar surface area (TPSA) is 20.2 Å². The van der Waals surface area contributed by atoms with Gasteiger partial charge in [-0.25, -0.2) is 0 Å². The summed E-state index contributed by atoms with van der Waals surface area (Å²) in [5.74, 6) is 0. The van der Waals surface area contributed by atoms with Crippen LogP contribution in [0.2, 0.25) is 0 Å². The summed E-state index contributed by atoms with van der Waals surface area (Å²) in [6.07, 6.45) is 1.63. The molecule has 1 aromatic heterocycles. The summed E-state index contributed by atoms with van der Waals surface area (Å²) in [5, 5.41) is 12.0. The van der Waals surface area contributed by atoms with Crippen LogP contribution in [0.1, 0.15) is 45.3 Å². The molecule has 1 N–H and O–H groups in total. The molecule has 1 atom stereocenters. The summed E-state index contributed by atoms with van der Waals surface area (Å²) < 4.78 is 1.24. The lowest BCUT2D eigenvalue weighted by Gasteiger charge is -2.19.